The van der Waals surface area contributed by atoms with E-state index in [4.69, 9.17) is 23.7 Å². The Morgan fingerprint density at radius 2 is 1.77 bits per heavy atom. The molecular weight excluding hydrogens is 532 g/mol. The van der Waals surface area contributed by atoms with Crippen LogP contribution in [-0.4, -0.2) is 122 Å². The molecule has 1 aromatic carbocycles. The summed E-state index contributed by atoms with van der Waals surface area (Å²) in [4.78, 5) is 12.3. The lowest BCUT2D eigenvalue weighted by Gasteiger charge is -2.49. The second-order valence-electron chi connectivity index (χ2n) is 10.5. The Bertz CT molecular complexity index is 1030. The third kappa shape index (κ3) is 6.43. The number of aliphatic hydroxyl groups excluding tert-OH is 6. The van der Waals surface area contributed by atoms with Gasteiger partial charge in [-0.25, -0.2) is 4.79 Å². The van der Waals surface area contributed by atoms with Gasteiger partial charge in [0.05, 0.1) is 19.3 Å². The number of hydrogen-bond donors (Lipinski definition) is 7. The van der Waals surface area contributed by atoms with Gasteiger partial charge in [0.2, 0.25) is 0 Å². The van der Waals surface area contributed by atoms with Gasteiger partial charge in [-0.3, -0.25) is 0 Å². The van der Waals surface area contributed by atoms with Crippen LogP contribution in [0.1, 0.15) is 39.2 Å². The van der Waals surface area contributed by atoms with Crippen LogP contribution < -0.4 is 4.74 Å². The number of phenols is 1. The fraction of sp³-hybridized carbons (Fsp3) is 0.667. The van der Waals surface area contributed by atoms with Crippen LogP contribution in [0.3, 0.4) is 0 Å². The average molecular weight is 573 g/mol. The number of aromatic hydroxyl groups is 1. The van der Waals surface area contributed by atoms with Gasteiger partial charge in [-0.2, -0.15) is 0 Å². The first-order valence-corrected chi connectivity index (χ1v) is 13.1. The molecule has 2 fully saturated rings. The van der Waals surface area contributed by atoms with E-state index in [9.17, 15) is 40.5 Å². The number of carbonyl (C=O) groups is 1. The van der Waals surface area contributed by atoms with Crippen LogP contribution in [0, 0.1) is 0 Å². The van der Waals surface area contributed by atoms with E-state index in [1.807, 2.05) is 6.92 Å². The Labute approximate surface area is 232 Å². The van der Waals surface area contributed by atoms with Gasteiger partial charge in [0, 0.05) is 6.08 Å². The maximum atomic E-state index is 12.3. The summed E-state index contributed by atoms with van der Waals surface area (Å²) in [5, 5.41) is 72.1. The standard InChI is InChI=1S/C27H40O13/c1-5-10-27(24(35)21(32)17(12-28)39-27)26(2,3)40-25-23(34)22(33)20(31)18(38-25)13-37-19(30)9-7-14-6-8-15(29)16(11-14)36-4/h6-9,11,17-18,20-25,28-29,31-35H,5,10,12-13H2,1-4H3/b9-7+. The first-order chi connectivity index (χ1) is 18.8. The van der Waals surface area contributed by atoms with Gasteiger partial charge in [0.1, 0.15) is 54.9 Å². The minimum absolute atomic E-state index is 0.0645. The molecule has 0 aromatic heterocycles. The Morgan fingerprint density at radius 3 is 2.38 bits per heavy atom. The van der Waals surface area contributed by atoms with Crippen LogP contribution in [0.15, 0.2) is 24.3 Å². The Kier molecular flexibility index (Phi) is 10.5. The van der Waals surface area contributed by atoms with Crippen LogP contribution in [0.2, 0.25) is 0 Å². The third-order valence-corrected chi connectivity index (χ3v) is 7.45. The lowest BCUT2D eigenvalue weighted by molar-refractivity contribution is -0.348. The van der Waals surface area contributed by atoms with Crippen LogP contribution in [0.4, 0.5) is 0 Å². The van der Waals surface area contributed by atoms with Crippen molar-refractivity contribution in [1.82, 2.24) is 0 Å². The molecule has 226 valence electrons. The van der Waals surface area contributed by atoms with Crippen molar-refractivity contribution in [2.45, 2.75) is 93.8 Å². The van der Waals surface area contributed by atoms with Crippen molar-refractivity contribution in [2.75, 3.05) is 20.3 Å². The molecule has 7 N–H and O–H groups in total. The van der Waals surface area contributed by atoms with E-state index in [0.29, 0.717) is 12.0 Å². The molecule has 2 heterocycles. The molecule has 0 saturated carbocycles. The molecule has 3 rings (SSSR count). The molecule has 2 aliphatic rings. The topological polar surface area (TPSA) is 205 Å². The maximum Gasteiger partial charge on any atom is 0.330 e. The molecule has 2 aliphatic heterocycles. The van der Waals surface area contributed by atoms with E-state index < -0.39 is 79.4 Å². The number of methoxy groups -OCH3 is 1. The highest BCUT2D eigenvalue weighted by Crippen LogP contribution is 2.46. The molecule has 9 atom stereocenters. The molecule has 9 unspecified atom stereocenters. The molecular formula is C27H40O13. The van der Waals surface area contributed by atoms with Crippen molar-refractivity contribution in [3.8, 4) is 11.5 Å². The minimum atomic E-state index is -1.73. The van der Waals surface area contributed by atoms with E-state index in [2.05, 4.69) is 0 Å². The highest BCUT2D eigenvalue weighted by Gasteiger charge is 2.63. The van der Waals surface area contributed by atoms with Gasteiger partial charge in [0.15, 0.2) is 17.8 Å². The number of ether oxygens (including phenoxy) is 5. The summed E-state index contributed by atoms with van der Waals surface area (Å²) in [5.41, 5.74) is -2.42. The zero-order valence-corrected chi connectivity index (χ0v) is 22.9. The van der Waals surface area contributed by atoms with Crippen molar-refractivity contribution in [3.05, 3.63) is 29.8 Å². The number of esters is 1. The molecule has 0 bridgehead atoms. The fourth-order valence-corrected chi connectivity index (χ4v) is 5.13. The monoisotopic (exact) mass is 572 g/mol. The van der Waals surface area contributed by atoms with Crippen LogP contribution >= 0.6 is 0 Å². The minimum Gasteiger partial charge on any atom is -0.504 e. The van der Waals surface area contributed by atoms with Gasteiger partial charge < -0.3 is 59.4 Å². The number of phenolic OH excluding ortho intramolecular Hbond substituents is 1. The van der Waals surface area contributed by atoms with Gasteiger partial charge >= 0.3 is 5.97 Å². The van der Waals surface area contributed by atoms with Crippen molar-refractivity contribution in [2.24, 2.45) is 0 Å². The molecule has 2 saturated heterocycles. The highest BCUT2D eigenvalue weighted by molar-refractivity contribution is 5.87. The molecule has 13 nitrogen and oxygen atoms in total. The Morgan fingerprint density at radius 1 is 1.07 bits per heavy atom. The number of aliphatic hydroxyl groups is 6. The number of rotatable bonds is 11. The van der Waals surface area contributed by atoms with Gasteiger partial charge in [-0.1, -0.05) is 19.4 Å². The van der Waals surface area contributed by atoms with Crippen LogP contribution in [0.5, 0.6) is 11.5 Å². The lowest BCUT2D eigenvalue weighted by Crippen LogP contribution is -2.65. The summed E-state index contributed by atoms with van der Waals surface area (Å²) in [6.07, 6.45) is -8.60. The highest BCUT2D eigenvalue weighted by atomic mass is 16.7. The van der Waals surface area contributed by atoms with Crippen molar-refractivity contribution >= 4 is 12.0 Å². The third-order valence-electron chi connectivity index (χ3n) is 7.45. The summed E-state index contributed by atoms with van der Waals surface area (Å²) in [6.45, 7) is 3.87. The fourth-order valence-electron chi connectivity index (χ4n) is 5.13. The van der Waals surface area contributed by atoms with Crippen LogP contribution in [-0.2, 0) is 23.7 Å². The van der Waals surface area contributed by atoms with E-state index in [1.165, 1.54) is 25.3 Å². The summed E-state index contributed by atoms with van der Waals surface area (Å²) in [6, 6.07) is 4.46. The van der Waals surface area contributed by atoms with Crippen molar-refractivity contribution < 1.29 is 64.2 Å². The van der Waals surface area contributed by atoms with Crippen molar-refractivity contribution in [1.29, 1.82) is 0 Å². The summed E-state index contributed by atoms with van der Waals surface area (Å²) < 4.78 is 27.8. The second-order valence-corrected chi connectivity index (χ2v) is 10.5. The summed E-state index contributed by atoms with van der Waals surface area (Å²) in [5.74, 6) is -0.645. The van der Waals surface area contributed by atoms with E-state index in [1.54, 1.807) is 19.9 Å². The molecule has 0 amide bonds. The number of hydrogen-bond acceptors (Lipinski definition) is 13. The first kappa shape index (κ1) is 32.2. The Hall–Kier alpha value is -2.33. The predicted octanol–water partition coefficient (Wildman–Crippen LogP) is -0.788. The Balaban J connectivity index is 1.70. The SMILES string of the molecule is CCCC1(C(C)(C)OC2OC(COC(=O)/C=C/c3ccc(O)c(OC)c3)C(O)C(O)C2O)OC(CO)C(O)C1O. The number of benzene rings is 1. The van der Waals surface area contributed by atoms with Crippen LogP contribution in [0.25, 0.3) is 6.08 Å². The smallest absolute Gasteiger partial charge is 0.330 e. The normalized spacial score (nSPS) is 34.8. The molecule has 13 heteroatoms. The van der Waals surface area contributed by atoms with E-state index >= 15 is 0 Å². The quantitative estimate of drug-likeness (QED) is 0.128. The average Bonchev–Trinajstić information content (AvgIpc) is 3.18. The largest absolute Gasteiger partial charge is 0.504 e. The van der Waals surface area contributed by atoms with E-state index in [-0.39, 0.29) is 17.9 Å². The summed E-state index contributed by atoms with van der Waals surface area (Å²) >= 11 is 0. The molecule has 0 spiro atoms. The van der Waals surface area contributed by atoms with Crippen molar-refractivity contribution in [3.63, 3.8) is 0 Å². The van der Waals surface area contributed by atoms with Gasteiger partial charge in [-0.15, -0.1) is 0 Å². The molecule has 1 aromatic rings. The first-order valence-electron chi connectivity index (χ1n) is 13.1. The molecule has 0 radical (unpaired) electrons. The lowest BCUT2D eigenvalue weighted by atomic mass is 9.77. The number of carbonyl (C=O) groups excluding carboxylic acids is 1. The van der Waals surface area contributed by atoms with Gasteiger partial charge in [-0.05, 0) is 44.0 Å². The zero-order chi connectivity index (χ0) is 29.8. The summed E-state index contributed by atoms with van der Waals surface area (Å²) in [7, 11) is 1.39. The van der Waals surface area contributed by atoms with E-state index in [0.717, 1.165) is 6.08 Å². The maximum absolute atomic E-state index is 12.3. The zero-order valence-electron chi connectivity index (χ0n) is 22.9. The van der Waals surface area contributed by atoms with Gasteiger partial charge in [0.25, 0.3) is 0 Å². The predicted molar refractivity (Wildman–Crippen MR) is 138 cm³/mol. The molecule has 40 heavy (non-hydrogen) atoms. The molecule has 0 aliphatic carbocycles. The second kappa shape index (κ2) is 13.1.